The maximum absolute atomic E-state index is 12.7. The summed E-state index contributed by atoms with van der Waals surface area (Å²) in [6, 6.07) is 10.7. The molecule has 2 aromatic rings. The Morgan fingerprint density at radius 3 is 2.85 bits per heavy atom. The number of carbonyl (C=O) groups excluding carboxylic acids is 2. The second-order valence-corrected chi connectivity index (χ2v) is 6.89. The van der Waals surface area contributed by atoms with Gasteiger partial charge in [-0.2, -0.15) is 0 Å². The van der Waals surface area contributed by atoms with Crippen LogP contribution in [0.4, 0.5) is 17.1 Å². The highest BCUT2D eigenvalue weighted by atomic mass is 16.6. The molecule has 27 heavy (non-hydrogen) atoms. The molecule has 0 bridgehead atoms. The molecule has 2 amide bonds. The van der Waals surface area contributed by atoms with Crippen LogP contribution < -0.4 is 25.0 Å². The zero-order valence-corrected chi connectivity index (χ0v) is 14.7. The summed E-state index contributed by atoms with van der Waals surface area (Å²) in [7, 11) is 0. The maximum Gasteiger partial charge on any atom is 0.255 e. The summed E-state index contributed by atoms with van der Waals surface area (Å²) in [5.41, 5.74) is 2.79. The molecule has 3 heterocycles. The lowest BCUT2D eigenvalue weighted by molar-refractivity contribution is -0.117. The number of carbonyl (C=O) groups is 2. The minimum Gasteiger partial charge on any atom is -0.486 e. The molecule has 1 fully saturated rings. The number of rotatable bonds is 2. The summed E-state index contributed by atoms with van der Waals surface area (Å²) >= 11 is 0. The van der Waals surface area contributed by atoms with Gasteiger partial charge in [0, 0.05) is 23.9 Å². The summed E-state index contributed by atoms with van der Waals surface area (Å²) in [5.74, 6) is 1.06. The zero-order chi connectivity index (χ0) is 18.4. The third-order valence-corrected chi connectivity index (χ3v) is 5.18. The fourth-order valence-electron chi connectivity index (χ4n) is 3.90. The van der Waals surface area contributed by atoms with E-state index in [1.54, 1.807) is 30.3 Å². The Hall–Kier alpha value is -3.22. The van der Waals surface area contributed by atoms with Crippen LogP contribution in [0.15, 0.2) is 36.4 Å². The van der Waals surface area contributed by atoms with Gasteiger partial charge >= 0.3 is 0 Å². The van der Waals surface area contributed by atoms with Gasteiger partial charge in [0.05, 0.1) is 11.4 Å². The van der Waals surface area contributed by atoms with E-state index in [1.165, 1.54) is 0 Å². The van der Waals surface area contributed by atoms with Crippen molar-refractivity contribution >= 4 is 28.9 Å². The number of fused-ring (bicyclic) bond motifs is 4. The Morgan fingerprint density at radius 2 is 1.96 bits per heavy atom. The molecule has 0 saturated carbocycles. The van der Waals surface area contributed by atoms with Crippen molar-refractivity contribution in [2.45, 2.75) is 18.9 Å². The molecule has 138 valence electrons. The third kappa shape index (κ3) is 2.75. The van der Waals surface area contributed by atoms with Gasteiger partial charge in [0.2, 0.25) is 5.91 Å². The Balaban J connectivity index is 1.38. The van der Waals surface area contributed by atoms with Crippen molar-refractivity contribution in [3.05, 3.63) is 42.0 Å². The van der Waals surface area contributed by atoms with E-state index in [1.807, 2.05) is 6.07 Å². The van der Waals surface area contributed by atoms with E-state index >= 15 is 0 Å². The first kappa shape index (κ1) is 16.0. The molecule has 0 radical (unpaired) electrons. The number of anilines is 3. The molecule has 2 N–H and O–H groups in total. The van der Waals surface area contributed by atoms with Crippen LogP contribution in [0.2, 0.25) is 0 Å². The average Bonchev–Trinajstić information content (AvgIpc) is 3.18. The Kier molecular flexibility index (Phi) is 3.67. The van der Waals surface area contributed by atoms with Gasteiger partial charge in [-0.1, -0.05) is 0 Å². The summed E-state index contributed by atoms with van der Waals surface area (Å²) in [5, 5.41) is 5.81. The van der Waals surface area contributed by atoms with Crippen molar-refractivity contribution in [3.8, 4) is 11.5 Å². The highest BCUT2D eigenvalue weighted by Crippen LogP contribution is 2.37. The lowest BCUT2D eigenvalue weighted by Crippen LogP contribution is -2.43. The fraction of sp³-hybridized carbons (Fsp3) is 0.300. The molecular weight excluding hydrogens is 346 g/mol. The summed E-state index contributed by atoms with van der Waals surface area (Å²) in [6.45, 7) is 1.89. The van der Waals surface area contributed by atoms with E-state index in [4.69, 9.17) is 9.47 Å². The minimum atomic E-state index is -0.243. The van der Waals surface area contributed by atoms with Gasteiger partial charge in [0.15, 0.2) is 11.5 Å². The SMILES string of the molecule is O=C(Nc1ccc2c(c1)OCCO2)c1ccc2c(c1)NC(=O)[C@H]1CCCN21. The van der Waals surface area contributed by atoms with E-state index < -0.39 is 0 Å². The smallest absolute Gasteiger partial charge is 0.255 e. The predicted octanol–water partition coefficient (Wildman–Crippen LogP) is 2.63. The van der Waals surface area contributed by atoms with Crippen LogP contribution in [-0.4, -0.2) is 37.6 Å². The van der Waals surface area contributed by atoms with E-state index in [0.29, 0.717) is 41.7 Å². The predicted molar refractivity (Wildman–Crippen MR) is 101 cm³/mol. The molecule has 0 spiro atoms. The molecule has 7 nitrogen and oxygen atoms in total. The van der Waals surface area contributed by atoms with Crippen molar-refractivity contribution in [3.63, 3.8) is 0 Å². The fourth-order valence-corrected chi connectivity index (χ4v) is 3.90. The zero-order valence-electron chi connectivity index (χ0n) is 14.7. The van der Waals surface area contributed by atoms with Crippen LogP contribution in [0.5, 0.6) is 11.5 Å². The first-order valence-electron chi connectivity index (χ1n) is 9.11. The first-order valence-corrected chi connectivity index (χ1v) is 9.11. The Morgan fingerprint density at radius 1 is 1.11 bits per heavy atom. The monoisotopic (exact) mass is 365 g/mol. The second kappa shape index (κ2) is 6.19. The molecule has 1 atom stereocenters. The van der Waals surface area contributed by atoms with E-state index in [0.717, 1.165) is 25.1 Å². The van der Waals surface area contributed by atoms with Crippen LogP contribution in [0.25, 0.3) is 0 Å². The molecule has 0 unspecified atom stereocenters. The molecule has 0 aromatic heterocycles. The number of hydrogen-bond donors (Lipinski definition) is 2. The van der Waals surface area contributed by atoms with Crippen LogP contribution in [0, 0.1) is 0 Å². The topological polar surface area (TPSA) is 79.9 Å². The van der Waals surface area contributed by atoms with E-state index in [-0.39, 0.29) is 17.9 Å². The minimum absolute atomic E-state index is 0.00407. The number of benzene rings is 2. The summed E-state index contributed by atoms with van der Waals surface area (Å²) in [4.78, 5) is 27.1. The molecule has 1 saturated heterocycles. The molecule has 3 aliphatic heterocycles. The standard InChI is InChI=1S/C20H19N3O4/c24-19(21-13-4-6-17-18(11-13)27-9-8-26-17)12-3-5-15-14(10-12)22-20(25)16-2-1-7-23(15)16/h3-6,10-11,16H,1-2,7-9H2,(H,21,24)(H,22,25)/t16-/m1/s1. The van der Waals surface area contributed by atoms with Crippen molar-refractivity contribution in [2.24, 2.45) is 0 Å². The molecule has 7 heteroatoms. The van der Waals surface area contributed by atoms with Gasteiger partial charge in [0.25, 0.3) is 5.91 Å². The molecule has 2 aromatic carbocycles. The van der Waals surface area contributed by atoms with Crippen molar-refractivity contribution < 1.29 is 19.1 Å². The summed E-state index contributed by atoms with van der Waals surface area (Å²) in [6.07, 6.45) is 1.88. The van der Waals surface area contributed by atoms with Crippen LogP contribution in [-0.2, 0) is 4.79 Å². The molecule has 5 rings (SSSR count). The number of amides is 2. The lowest BCUT2D eigenvalue weighted by Gasteiger charge is -2.33. The first-order chi connectivity index (χ1) is 13.2. The number of ether oxygens (including phenoxy) is 2. The van der Waals surface area contributed by atoms with Gasteiger partial charge in [-0.3, -0.25) is 9.59 Å². The number of hydrogen-bond acceptors (Lipinski definition) is 5. The van der Waals surface area contributed by atoms with E-state index in [9.17, 15) is 9.59 Å². The van der Waals surface area contributed by atoms with Gasteiger partial charge in [-0.25, -0.2) is 0 Å². The van der Waals surface area contributed by atoms with Crippen LogP contribution in [0.1, 0.15) is 23.2 Å². The average molecular weight is 365 g/mol. The summed E-state index contributed by atoms with van der Waals surface area (Å²) < 4.78 is 11.0. The molecular formula is C20H19N3O4. The molecule has 3 aliphatic rings. The number of nitrogens with zero attached hydrogens (tertiary/aromatic N) is 1. The van der Waals surface area contributed by atoms with Gasteiger partial charge in [-0.05, 0) is 43.2 Å². The number of nitrogens with one attached hydrogen (secondary N) is 2. The highest BCUT2D eigenvalue weighted by molar-refractivity contribution is 6.09. The second-order valence-electron chi connectivity index (χ2n) is 6.89. The Labute approximate surface area is 156 Å². The van der Waals surface area contributed by atoms with Crippen molar-refractivity contribution in [1.82, 2.24) is 0 Å². The highest BCUT2D eigenvalue weighted by Gasteiger charge is 2.36. The Bertz CT molecular complexity index is 943. The lowest BCUT2D eigenvalue weighted by atomic mass is 10.1. The molecule has 0 aliphatic carbocycles. The quantitative estimate of drug-likeness (QED) is 0.855. The third-order valence-electron chi connectivity index (χ3n) is 5.18. The van der Waals surface area contributed by atoms with Crippen molar-refractivity contribution in [2.75, 3.05) is 35.3 Å². The van der Waals surface area contributed by atoms with Crippen LogP contribution >= 0.6 is 0 Å². The van der Waals surface area contributed by atoms with Gasteiger partial charge in [-0.15, -0.1) is 0 Å². The normalized spacial score (nSPS) is 19.8. The van der Waals surface area contributed by atoms with Crippen molar-refractivity contribution in [1.29, 1.82) is 0 Å². The van der Waals surface area contributed by atoms with Gasteiger partial charge < -0.3 is 25.0 Å². The van der Waals surface area contributed by atoms with Gasteiger partial charge in [0.1, 0.15) is 19.3 Å². The van der Waals surface area contributed by atoms with Crippen LogP contribution in [0.3, 0.4) is 0 Å². The maximum atomic E-state index is 12.7. The largest absolute Gasteiger partial charge is 0.486 e. The van der Waals surface area contributed by atoms with E-state index in [2.05, 4.69) is 15.5 Å².